The molecule has 1 fully saturated rings. The molecule has 1 atom stereocenters. The molecule has 0 unspecified atom stereocenters. The van der Waals surface area contributed by atoms with Gasteiger partial charge in [-0.1, -0.05) is 72.8 Å². The third-order valence-corrected chi connectivity index (χ3v) is 6.86. The van der Waals surface area contributed by atoms with Crippen molar-refractivity contribution < 1.29 is 9.80 Å². The Bertz CT molecular complexity index is 1190. The van der Waals surface area contributed by atoms with Crippen LogP contribution in [0, 0.1) is 0 Å². The molecular weight excluding hydrogens is 396 g/mol. The van der Waals surface area contributed by atoms with Crippen molar-refractivity contribution in [1.29, 1.82) is 0 Å². The van der Waals surface area contributed by atoms with Crippen LogP contribution in [0.5, 0.6) is 0 Å². The lowest BCUT2D eigenvalue weighted by Gasteiger charge is -2.37. The van der Waals surface area contributed by atoms with E-state index >= 15 is 0 Å². The van der Waals surface area contributed by atoms with Gasteiger partial charge in [-0.15, -0.1) is 0 Å². The zero-order valence-corrected chi connectivity index (χ0v) is 18.4. The molecule has 3 aromatic carbocycles. The smallest absolute Gasteiger partial charge is 0.258 e. The number of rotatable bonds is 5. The van der Waals surface area contributed by atoms with Crippen LogP contribution >= 0.6 is 0 Å². The van der Waals surface area contributed by atoms with Crippen molar-refractivity contribution in [3.63, 3.8) is 0 Å². The first kappa shape index (κ1) is 20.6. The summed E-state index contributed by atoms with van der Waals surface area (Å²) in [5.74, 6) is 0.787. The molecule has 0 aliphatic carbocycles. The number of nitrogens with zero attached hydrogens (tertiary/aromatic N) is 1. The van der Waals surface area contributed by atoms with Gasteiger partial charge in [-0.05, 0) is 19.1 Å². The summed E-state index contributed by atoms with van der Waals surface area (Å²) >= 11 is 0. The highest BCUT2D eigenvalue weighted by molar-refractivity contribution is 5.77. The first-order chi connectivity index (χ1) is 15.7. The molecule has 5 rings (SSSR count). The maximum Gasteiger partial charge on any atom is 0.258 e. The average Bonchev–Trinajstić information content (AvgIpc) is 2.85. The van der Waals surface area contributed by atoms with Crippen molar-refractivity contribution in [1.82, 2.24) is 9.97 Å². The lowest BCUT2D eigenvalue weighted by Crippen LogP contribution is -3.28. The summed E-state index contributed by atoms with van der Waals surface area (Å²) in [5.41, 5.74) is 3.46. The van der Waals surface area contributed by atoms with Gasteiger partial charge in [-0.3, -0.25) is 4.79 Å². The molecule has 162 valence electrons. The highest BCUT2D eigenvalue weighted by atomic mass is 16.1. The Morgan fingerprint density at radius 1 is 0.750 bits per heavy atom. The predicted octanol–water partition coefficient (Wildman–Crippen LogP) is 1.56. The zero-order valence-electron chi connectivity index (χ0n) is 18.4. The average molecular weight is 427 g/mol. The van der Waals surface area contributed by atoms with E-state index in [9.17, 15) is 4.79 Å². The van der Waals surface area contributed by atoms with Crippen LogP contribution in [0.3, 0.4) is 0 Å². The second kappa shape index (κ2) is 9.07. The molecule has 0 bridgehead atoms. The van der Waals surface area contributed by atoms with Gasteiger partial charge in [0.1, 0.15) is 38.3 Å². The van der Waals surface area contributed by atoms with E-state index in [0.717, 1.165) is 37.5 Å². The van der Waals surface area contributed by atoms with Crippen LogP contribution in [0.1, 0.15) is 36.0 Å². The summed E-state index contributed by atoms with van der Waals surface area (Å²) in [4.78, 5) is 23.4. The Balaban J connectivity index is 1.35. The fourth-order valence-electron chi connectivity index (χ4n) is 5.07. The standard InChI is InChI=1S/C27H28N4O/c1-20(26-28-24-15-9-8-14-23(24)27(32)29-26)30-16-18-31(19-17-30)25(21-10-4-2-5-11-21)22-12-6-3-7-13-22/h2-15,20,25H,16-19H2,1H3,(H,28,29,32)/p+2/t20-/m0/s1. The van der Waals surface area contributed by atoms with Crippen LogP contribution in [0.25, 0.3) is 10.9 Å². The molecule has 1 saturated heterocycles. The van der Waals surface area contributed by atoms with Crippen molar-refractivity contribution in [2.75, 3.05) is 26.2 Å². The molecule has 5 nitrogen and oxygen atoms in total. The van der Waals surface area contributed by atoms with Gasteiger partial charge < -0.3 is 14.8 Å². The second-order valence-electron chi connectivity index (χ2n) is 8.76. The van der Waals surface area contributed by atoms with Gasteiger partial charge in [0.15, 0.2) is 5.82 Å². The minimum absolute atomic E-state index is 0.0469. The van der Waals surface area contributed by atoms with Crippen molar-refractivity contribution in [2.24, 2.45) is 0 Å². The number of nitrogens with one attached hydrogen (secondary N) is 3. The number of aromatic amines is 1. The number of para-hydroxylation sites is 1. The maximum absolute atomic E-state index is 12.5. The Hall–Kier alpha value is -3.28. The van der Waals surface area contributed by atoms with Crippen molar-refractivity contribution in [3.8, 4) is 0 Å². The monoisotopic (exact) mass is 426 g/mol. The van der Waals surface area contributed by atoms with E-state index in [1.807, 2.05) is 24.3 Å². The summed E-state index contributed by atoms with van der Waals surface area (Å²) in [6.07, 6.45) is 0. The van der Waals surface area contributed by atoms with Crippen LogP contribution in [0.4, 0.5) is 0 Å². The largest absolute Gasteiger partial charge is 0.317 e. The first-order valence-electron chi connectivity index (χ1n) is 11.5. The van der Waals surface area contributed by atoms with Crippen LogP contribution in [0.2, 0.25) is 0 Å². The summed E-state index contributed by atoms with van der Waals surface area (Å²) in [5, 5.41) is 0.654. The normalized spacial score (nSPS) is 19.8. The third kappa shape index (κ3) is 4.09. The van der Waals surface area contributed by atoms with Gasteiger partial charge >= 0.3 is 0 Å². The number of piperazine rings is 1. The number of hydrogen-bond acceptors (Lipinski definition) is 2. The van der Waals surface area contributed by atoms with Crippen molar-refractivity contribution in [2.45, 2.75) is 19.0 Å². The summed E-state index contributed by atoms with van der Waals surface area (Å²) in [6, 6.07) is 29.8. The van der Waals surface area contributed by atoms with Gasteiger partial charge in [-0.2, -0.15) is 0 Å². The molecular formula is C27H30N4O+2. The molecule has 0 amide bonds. The van der Waals surface area contributed by atoms with Crippen molar-refractivity contribution in [3.05, 3.63) is 112 Å². The second-order valence-corrected chi connectivity index (χ2v) is 8.76. The molecule has 2 heterocycles. The molecule has 32 heavy (non-hydrogen) atoms. The summed E-state index contributed by atoms with van der Waals surface area (Å²) in [6.45, 7) is 6.42. The maximum atomic E-state index is 12.5. The van der Waals surface area contributed by atoms with Crippen LogP contribution in [-0.4, -0.2) is 36.1 Å². The number of benzene rings is 3. The highest BCUT2D eigenvalue weighted by Crippen LogP contribution is 2.19. The molecule has 4 aromatic rings. The van der Waals surface area contributed by atoms with Crippen molar-refractivity contribution >= 4 is 10.9 Å². The SMILES string of the molecule is C[C@@H](c1nc2ccccc2c(=O)[nH]1)[NH+]1CC[NH+](C(c2ccccc2)c2ccccc2)CC1. The van der Waals surface area contributed by atoms with E-state index in [2.05, 4.69) is 72.6 Å². The van der Waals surface area contributed by atoms with E-state index in [-0.39, 0.29) is 11.6 Å². The van der Waals surface area contributed by atoms with E-state index in [4.69, 9.17) is 4.98 Å². The molecule has 3 N–H and O–H groups in total. The third-order valence-electron chi connectivity index (χ3n) is 6.86. The van der Waals surface area contributed by atoms with E-state index in [1.54, 1.807) is 4.90 Å². The molecule has 1 aliphatic rings. The Morgan fingerprint density at radius 2 is 1.28 bits per heavy atom. The lowest BCUT2D eigenvalue weighted by molar-refractivity contribution is -1.04. The zero-order chi connectivity index (χ0) is 21.9. The minimum Gasteiger partial charge on any atom is -0.317 e. The Morgan fingerprint density at radius 3 is 1.91 bits per heavy atom. The minimum atomic E-state index is -0.0469. The molecule has 0 spiro atoms. The number of H-pyrrole nitrogens is 1. The number of hydrogen-bond donors (Lipinski definition) is 3. The number of aromatic nitrogens is 2. The summed E-state index contributed by atoms with van der Waals surface area (Å²) in [7, 11) is 0. The fourth-order valence-corrected chi connectivity index (χ4v) is 5.07. The van der Waals surface area contributed by atoms with E-state index in [1.165, 1.54) is 16.0 Å². The Kier molecular flexibility index (Phi) is 5.84. The quantitative estimate of drug-likeness (QED) is 0.454. The van der Waals surface area contributed by atoms with Gasteiger partial charge in [0, 0.05) is 11.1 Å². The van der Waals surface area contributed by atoms with E-state index in [0.29, 0.717) is 11.4 Å². The predicted molar refractivity (Wildman–Crippen MR) is 127 cm³/mol. The molecule has 0 radical (unpaired) electrons. The van der Waals surface area contributed by atoms with Crippen LogP contribution in [-0.2, 0) is 0 Å². The number of quaternary nitrogens is 2. The molecule has 1 aromatic heterocycles. The summed E-state index contributed by atoms with van der Waals surface area (Å²) < 4.78 is 0. The number of fused-ring (bicyclic) bond motifs is 1. The van der Waals surface area contributed by atoms with Crippen LogP contribution < -0.4 is 15.4 Å². The highest BCUT2D eigenvalue weighted by Gasteiger charge is 2.34. The Labute approximate surface area is 188 Å². The van der Waals surface area contributed by atoms with Gasteiger partial charge in [0.05, 0.1) is 10.9 Å². The molecule has 1 aliphatic heterocycles. The van der Waals surface area contributed by atoms with Gasteiger partial charge in [0.2, 0.25) is 0 Å². The van der Waals surface area contributed by atoms with E-state index < -0.39 is 0 Å². The molecule has 0 saturated carbocycles. The first-order valence-corrected chi connectivity index (χ1v) is 11.5. The fraction of sp³-hybridized carbons (Fsp3) is 0.259. The van der Waals surface area contributed by atoms with Gasteiger partial charge in [-0.25, -0.2) is 4.98 Å². The molecule has 5 heteroatoms. The topological polar surface area (TPSA) is 54.6 Å². The van der Waals surface area contributed by atoms with Gasteiger partial charge in [0.25, 0.3) is 5.56 Å². The lowest BCUT2D eigenvalue weighted by atomic mass is 9.96. The van der Waals surface area contributed by atoms with Crippen LogP contribution in [0.15, 0.2) is 89.7 Å².